The monoisotopic (exact) mass is 319 g/mol. The Balaban J connectivity index is 2.20. The summed E-state index contributed by atoms with van der Waals surface area (Å²) in [6, 6.07) is 12.2. The second-order valence-corrected chi connectivity index (χ2v) is 5.37. The molecule has 0 saturated carbocycles. The minimum atomic E-state index is -0.260. The highest BCUT2D eigenvalue weighted by Crippen LogP contribution is 2.28. The summed E-state index contributed by atoms with van der Waals surface area (Å²) >= 11 is 6.05. The Morgan fingerprint density at radius 1 is 1.14 bits per heavy atom. The first-order valence-corrected chi connectivity index (χ1v) is 7.29. The molecule has 116 valence electrons. The van der Waals surface area contributed by atoms with Gasteiger partial charge in [0.15, 0.2) is 0 Å². The molecular formula is C17H18ClNO3. The van der Waals surface area contributed by atoms with Crippen LogP contribution in [0.3, 0.4) is 0 Å². The van der Waals surface area contributed by atoms with Crippen LogP contribution in [0.1, 0.15) is 24.2 Å². The third-order valence-electron chi connectivity index (χ3n) is 2.91. The van der Waals surface area contributed by atoms with E-state index in [9.17, 15) is 4.79 Å². The van der Waals surface area contributed by atoms with Crippen LogP contribution in [-0.2, 0) is 0 Å². The van der Waals surface area contributed by atoms with Crippen LogP contribution in [0.15, 0.2) is 42.5 Å². The standard InChI is InChI=1S/C17H18ClNO3/c1-11(2)22-16-7-5-4-6-14(16)19-17(20)12-8-9-15(21-3)13(18)10-12/h4-11H,1-3H3,(H,19,20). The summed E-state index contributed by atoms with van der Waals surface area (Å²) < 4.78 is 10.8. The van der Waals surface area contributed by atoms with Gasteiger partial charge < -0.3 is 14.8 Å². The molecule has 0 radical (unpaired) electrons. The van der Waals surface area contributed by atoms with Crippen molar-refractivity contribution < 1.29 is 14.3 Å². The fourth-order valence-corrected chi connectivity index (χ4v) is 2.19. The van der Waals surface area contributed by atoms with Crippen LogP contribution in [0.4, 0.5) is 5.69 Å². The molecule has 0 atom stereocenters. The van der Waals surface area contributed by atoms with Crippen molar-refractivity contribution in [2.45, 2.75) is 20.0 Å². The lowest BCUT2D eigenvalue weighted by Crippen LogP contribution is -2.14. The van der Waals surface area contributed by atoms with Crippen molar-refractivity contribution in [1.29, 1.82) is 0 Å². The zero-order valence-electron chi connectivity index (χ0n) is 12.7. The van der Waals surface area contributed by atoms with Gasteiger partial charge in [0.1, 0.15) is 11.5 Å². The number of nitrogens with one attached hydrogen (secondary N) is 1. The molecule has 2 aromatic rings. The number of hydrogen-bond donors (Lipinski definition) is 1. The Morgan fingerprint density at radius 2 is 1.86 bits per heavy atom. The quantitative estimate of drug-likeness (QED) is 0.889. The third-order valence-corrected chi connectivity index (χ3v) is 3.21. The number of amides is 1. The lowest BCUT2D eigenvalue weighted by atomic mass is 10.2. The van der Waals surface area contributed by atoms with Gasteiger partial charge in [0.2, 0.25) is 0 Å². The predicted octanol–water partition coefficient (Wildman–Crippen LogP) is 4.39. The van der Waals surface area contributed by atoms with Gasteiger partial charge in [0.25, 0.3) is 5.91 Å². The van der Waals surface area contributed by atoms with Crippen molar-refractivity contribution in [1.82, 2.24) is 0 Å². The van der Waals surface area contributed by atoms with Crippen molar-refractivity contribution in [3.63, 3.8) is 0 Å². The number of halogens is 1. The number of anilines is 1. The molecule has 0 saturated heterocycles. The van der Waals surface area contributed by atoms with Crippen LogP contribution in [0.5, 0.6) is 11.5 Å². The van der Waals surface area contributed by atoms with Crippen LogP contribution in [0, 0.1) is 0 Å². The number of carbonyl (C=O) groups is 1. The summed E-state index contributed by atoms with van der Waals surface area (Å²) in [4.78, 5) is 12.3. The van der Waals surface area contributed by atoms with Gasteiger partial charge in [0, 0.05) is 5.56 Å². The molecule has 0 bridgehead atoms. The Hall–Kier alpha value is -2.20. The highest BCUT2D eigenvalue weighted by atomic mass is 35.5. The molecule has 1 amide bonds. The zero-order valence-corrected chi connectivity index (χ0v) is 13.5. The zero-order chi connectivity index (χ0) is 16.1. The van der Waals surface area contributed by atoms with Gasteiger partial charge in [-0.25, -0.2) is 0 Å². The number of rotatable bonds is 5. The Kier molecular flexibility index (Phi) is 5.28. The lowest BCUT2D eigenvalue weighted by molar-refractivity contribution is 0.102. The molecule has 1 N–H and O–H groups in total. The lowest BCUT2D eigenvalue weighted by Gasteiger charge is -2.15. The van der Waals surface area contributed by atoms with Crippen LogP contribution in [-0.4, -0.2) is 19.1 Å². The predicted molar refractivity (Wildman–Crippen MR) is 88.2 cm³/mol. The van der Waals surface area contributed by atoms with Crippen LogP contribution >= 0.6 is 11.6 Å². The van der Waals surface area contributed by atoms with Crippen LogP contribution in [0.25, 0.3) is 0 Å². The summed E-state index contributed by atoms with van der Waals surface area (Å²) in [6.07, 6.45) is 0.0217. The molecule has 0 spiro atoms. The Morgan fingerprint density at radius 3 is 2.50 bits per heavy atom. The van der Waals surface area contributed by atoms with E-state index in [1.807, 2.05) is 32.0 Å². The summed E-state index contributed by atoms with van der Waals surface area (Å²) in [5.41, 5.74) is 1.07. The Bertz CT molecular complexity index is 671. The number of carbonyl (C=O) groups excluding carboxylic acids is 1. The minimum Gasteiger partial charge on any atom is -0.495 e. The van der Waals surface area contributed by atoms with E-state index in [0.29, 0.717) is 27.8 Å². The van der Waals surface area contributed by atoms with Gasteiger partial charge in [0.05, 0.1) is 23.9 Å². The Labute approximate surface area is 135 Å². The van der Waals surface area contributed by atoms with E-state index in [-0.39, 0.29) is 12.0 Å². The van der Waals surface area contributed by atoms with Crippen molar-refractivity contribution in [3.05, 3.63) is 53.1 Å². The maximum absolute atomic E-state index is 12.3. The molecule has 0 unspecified atom stereocenters. The van der Waals surface area contributed by atoms with Gasteiger partial charge in [-0.15, -0.1) is 0 Å². The number of benzene rings is 2. The normalized spacial score (nSPS) is 10.4. The average molecular weight is 320 g/mol. The van der Waals surface area contributed by atoms with E-state index in [2.05, 4.69) is 5.32 Å². The molecule has 0 aliphatic rings. The fraction of sp³-hybridized carbons (Fsp3) is 0.235. The molecule has 5 heteroatoms. The minimum absolute atomic E-state index is 0.0217. The number of methoxy groups -OCH3 is 1. The van der Waals surface area contributed by atoms with Crippen LogP contribution in [0.2, 0.25) is 5.02 Å². The molecule has 2 rings (SSSR count). The van der Waals surface area contributed by atoms with Gasteiger partial charge >= 0.3 is 0 Å². The topological polar surface area (TPSA) is 47.6 Å². The maximum Gasteiger partial charge on any atom is 0.255 e. The van der Waals surface area contributed by atoms with Crippen LogP contribution < -0.4 is 14.8 Å². The van der Waals surface area contributed by atoms with E-state index < -0.39 is 0 Å². The molecule has 0 aromatic heterocycles. The summed E-state index contributed by atoms with van der Waals surface area (Å²) in [5, 5.41) is 3.22. The number of para-hydroxylation sites is 2. The second-order valence-electron chi connectivity index (χ2n) is 4.97. The van der Waals surface area contributed by atoms with Crippen molar-refractivity contribution in [3.8, 4) is 11.5 Å². The molecule has 0 aliphatic heterocycles. The van der Waals surface area contributed by atoms with E-state index in [0.717, 1.165) is 0 Å². The highest BCUT2D eigenvalue weighted by molar-refractivity contribution is 6.32. The summed E-state index contributed by atoms with van der Waals surface area (Å²) in [5.74, 6) is 0.900. The molecule has 2 aromatic carbocycles. The largest absolute Gasteiger partial charge is 0.495 e. The second kappa shape index (κ2) is 7.18. The molecule has 0 heterocycles. The molecule has 0 fully saturated rings. The first kappa shape index (κ1) is 16.2. The fourth-order valence-electron chi connectivity index (χ4n) is 1.93. The molecule has 22 heavy (non-hydrogen) atoms. The highest BCUT2D eigenvalue weighted by Gasteiger charge is 2.12. The first-order chi connectivity index (χ1) is 10.5. The third kappa shape index (κ3) is 3.92. The molecule has 0 aliphatic carbocycles. The summed E-state index contributed by atoms with van der Waals surface area (Å²) in [7, 11) is 1.53. The number of ether oxygens (including phenoxy) is 2. The number of hydrogen-bond acceptors (Lipinski definition) is 3. The van der Waals surface area contributed by atoms with E-state index in [1.54, 1.807) is 24.3 Å². The van der Waals surface area contributed by atoms with E-state index in [1.165, 1.54) is 7.11 Å². The van der Waals surface area contributed by atoms with Crippen molar-refractivity contribution in [2.75, 3.05) is 12.4 Å². The molecular weight excluding hydrogens is 302 g/mol. The van der Waals surface area contributed by atoms with Crippen molar-refractivity contribution >= 4 is 23.2 Å². The van der Waals surface area contributed by atoms with Gasteiger partial charge in [-0.1, -0.05) is 23.7 Å². The van der Waals surface area contributed by atoms with Gasteiger partial charge in [-0.05, 0) is 44.2 Å². The molecule has 4 nitrogen and oxygen atoms in total. The smallest absolute Gasteiger partial charge is 0.255 e. The van der Waals surface area contributed by atoms with E-state index >= 15 is 0 Å². The van der Waals surface area contributed by atoms with Gasteiger partial charge in [-0.3, -0.25) is 4.79 Å². The van der Waals surface area contributed by atoms with Gasteiger partial charge in [-0.2, -0.15) is 0 Å². The van der Waals surface area contributed by atoms with E-state index in [4.69, 9.17) is 21.1 Å². The maximum atomic E-state index is 12.3. The summed E-state index contributed by atoms with van der Waals surface area (Å²) in [6.45, 7) is 3.86. The SMILES string of the molecule is COc1ccc(C(=O)Nc2ccccc2OC(C)C)cc1Cl. The van der Waals surface area contributed by atoms with Crippen molar-refractivity contribution in [2.24, 2.45) is 0 Å². The first-order valence-electron chi connectivity index (χ1n) is 6.92. The average Bonchev–Trinajstić information content (AvgIpc) is 2.48.